The molecule has 0 saturated carbocycles. The average Bonchev–Trinajstić information content (AvgIpc) is 3.01. The van der Waals surface area contributed by atoms with Crippen LogP contribution in [0.15, 0.2) is 24.3 Å². The third-order valence-corrected chi connectivity index (χ3v) is 10.1. The molecule has 0 spiro atoms. The fraction of sp³-hybridized carbons (Fsp3) is 0.833. The number of nitrogens with zero attached hydrogens (tertiary/aromatic N) is 2. The fourth-order valence-electron chi connectivity index (χ4n) is 7.35. The quantitative estimate of drug-likeness (QED) is 0.238. The maximum Gasteiger partial charge on any atom is 0.308 e. The minimum absolute atomic E-state index is 0.0262. The number of carbonyl (C=O) groups is 2. The molecule has 0 bridgehead atoms. The number of hydrogen-bond acceptors (Lipinski definition) is 13. The second kappa shape index (κ2) is 19.7. The lowest BCUT2D eigenvalue weighted by molar-refractivity contribution is -0.309. The smallest absolute Gasteiger partial charge is 0.308 e. The molecule has 0 aromatic carbocycles. The lowest BCUT2D eigenvalue weighted by atomic mass is 9.82. The van der Waals surface area contributed by atoms with E-state index in [-0.39, 0.29) is 30.9 Å². The Kier molecular flexibility index (Phi) is 16.8. The highest BCUT2D eigenvalue weighted by Gasteiger charge is 2.48. The topological polar surface area (TPSA) is 157 Å². The number of aldehydes is 1. The molecule has 0 aromatic heterocycles. The maximum absolute atomic E-state index is 12.9. The van der Waals surface area contributed by atoms with Gasteiger partial charge >= 0.3 is 5.97 Å². The molecule has 3 aliphatic rings. The van der Waals surface area contributed by atoms with Gasteiger partial charge in [-0.2, -0.15) is 0 Å². The van der Waals surface area contributed by atoms with Gasteiger partial charge in [0.2, 0.25) is 0 Å². The van der Waals surface area contributed by atoms with Gasteiger partial charge in [-0.25, -0.2) is 0 Å². The van der Waals surface area contributed by atoms with Crippen molar-refractivity contribution in [1.29, 1.82) is 0 Å². The summed E-state index contributed by atoms with van der Waals surface area (Å²) < 4.78 is 36.8. The Hall–Kier alpha value is -1.78. The molecule has 15 atom stereocenters. The highest BCUT2D eigenvalue weighted by molar-refractivity contribution is 5.70. The van der Waals surface area contributed by atoms with Gasteiger partial charge in [0.1, 0.15) is 24.6 Å². The highest BCUT2D eigenvalue weighted by atomic mass is 16.7. The summed E-state index contributed by atoms with van der Waals surface area (Å²) in [6.45, 7) is 7.53. The molecule has 2 saturated heterocycles. The average molecular weight is 699 g/mol. The second-order valence-corrected chi connectivity index (χ2v) is 14.4. The van der Waals surface area contributed by atoms with Gasteiger partial charge in [0.15, 0.2) is 12.6 Å². The van der Waals surface area contributed by atoms with E-state index in [0.29, 0.717) is 12.8 Å². The zero-order valence-corrected chi connectivity index (χ0v) is 30.8. The van der Waals surface area contributed by atoms with Gasteiger partial charge in [-0.05, 0) is 80.1 Å². The van der Waals surface area contributed by atoms with Crippen molar-refractivity contribution in [2.24, 2.45) is 11.8 Å². The molecule has 3 rings (SSSR count). The molecular formula is C36H62N2O11. The molecule has 13 heteroatoms. The first-order chi connectivity index (χ1) is 23.2. The number of rotatable bonds is 9. The first-order valence-corrected chi connectivity index (χ1v) is 17.7. The van der Waals surface area contributed by atoms with Gasteiger partial charge < -0.3 is 58.3 Å². The van der Waals surface area contributed by atoms with E-state index in [2.05, 4.69) is 11.8 Å². The Morgan fingerprint density at radius 2 is 1.63 bits per heavy atom. The first kappa shape index (κ1) is 41.6. The molecule has 0 aromatic rings. The van der Waals surface area contributed by atoms with Gasteiger partial charge in [-0.3, -0.25) is 4.79 Å². The van der Waals surface area contributed by atoms with Crippen LogP contribution in [0.1, 0.15) is 66.2 Å². The van der Waals surface area contributed by atoms with Gasteiger partial charge in [0, 0.05) is 26.0 Å². The summed E-state index contributed by atoms with van der Waals surface area (Å²) in [5, 5.41) is 33.6. The number of hydrogen-bond donors (Lipinski definition) is 3. The van der Waals surface area contributed by atoms with E-state index >= 15 is 0 Å². The molecule has 0 radical (unpaired) electrons. The monoisotopic (exact) mass is 698 g/mol. The van der Waals surface area contributed by atoms with Crippen LogP contribution in [0.25, 0.3) is 0 Å². The Morgan fingerprint density at radius 3 is 2.24 bits per heavy atom. The van der Waals surface area contributed by atoms with Crippen LogP contribution in [0.4, 0.5) is 0 Å². The molecule has 3 heterocycles. The van der Waals surface area contributed by atoms with Crippen molar-refractivity contribution in [2.45, 2.75) is 146 Å². The van der Waals surface area contributed by atoms with Gasteiger partial charge in [-0.1, -0.05) is 31.2 Å². The highest BCUT2D eigenvalue weighted by Crippen LogP contribution is 2.34. The Morgan fingerprint density at radius 1 is 0.918 bits per heavy atom. The summed E-state index contributed by atoms with van der Waals surface area (Å²) in [5.41, 5.74) is 0. The lowest BCUT2D eigenvalue weighted by Gasteiger charge is -2.46. The van der Waals surface area contributed by atoms with Crippen molar-refractivity contribution in [3.63, 3.8) is 0 Å². The van der Waals surface area contributed by atoms with Crippen LogP contribution in [0, 0.1) is 11.8 Å². The molecule has 282 valence electrons. The van der Waals surface area contributed by atoms with E-state index < -0.39 is 79.3 Å². The van der Waals surface area contributed by atoms with Crippen molar-refractivity contribution >= 4 is 12.3 Å². The van der Waals surface area contributed by atoms with E-state index in [1.807, 2.05) is 45.3 Å². The van der Waals surface area contributed by atoms with Crippen LogP contribution in [-0.4, -0.2) is 152 Å². The second-order valence-electron chi connectivity index (χ2n) is 14.4. The normalized spacial score (nSPS) is 43.2. The zero-order chi connectivity index (χ0) is 36.4. The Labute approximate surface area is 292 Å². The summed E-state index contributed by atoms with van der Waals surface area (Å²) in [4.78, 5) is 29.0. The molecular weight excluding hydrogens is 636 g/mol. The molecule has 2 fully saturated rings. The zero-order valence-electron chi connectivity index (χ0n) is 30.8. The SMILES string of the molecule is CO[C@@H]1[C@@H](O[C@@H]2O[C@H](C)[C@@H](O)[C@H](N(C)C)[C@H]2O)[C@@H](CC=O)C[C@@H](C)[C@@H](O[C@@H]2CC[C@H](N(C)C)[C@@H](C)O2)/C=C/C=C/C[C@@H](C)OC(=O)C[C@H]1O. The summed E-state index contributed by atoms with van der Waals surface area (Å²) >= 11 is 0. The van der Waals surface area contributed by atoms with E-state index in [0.717, 1.165) is 19.1 Å². The number of aliphatic hydroxyl groups is 3. The Balaban J connectivity index is 2.00. The fourth-order valence-corrected chi connectivity index (χ4v) is 7.35. The van der Waals surface area contributed by atoms with Crippen LogP contribution >= 0.6 is 0 Å². The molecule has 13 nitrogen and oxygen atoms in total. The van der Waals surface area contributed by atoms with E-state index in [9.17, 15) is 24.9 Å². The molecule has 3 aliphatic heterocycles. The first-order valence-electron chi connectivity index (χ1n) is 17.7. The van der Waals surface area contributed by atoms with Crippen LogP contribution in [0.3, 0.4) is 0 Å². The third kappa shape index (κ3) is 11.6. The minimum atomic E-state index is -1.37. The van der Waals surface area contributed by atoms with Crippen molar-refractivity contribution in [1.82, 2.24) is 9.80 Å². The van der Waals surface area contributed by atoms with Gasteiger partial charge in [0.05, 0.1) is 49.1 Å². The van der Waals surface area contributed by atoms with Crippen molar-refractivity contribution in [3.8, 4) is 0 Å². The van der Waals surface area contributed by atoms with Crippen molar-refractivity contribution < 1.29 is 53.3 Å². The summed E-state index contributed by atoms with van der Waals surface area (Å²) in [6.07, 6.45) is 1.58. The van der Waals surface area contributed by atoms with Crippen LogP contribution in [0.5, 0.6) is 0 Å². The van der Waals surface area contributed by atoms with E-state index in [1.54, 1.807) is 32.8 Å². The molecule has 49 heavy (non-hydrogen) atoms. The standard InChI is InChI=1S/C36H62N2O11/c1-21-19-25(17-18-39)34(49-36-33(43)31(38(7)8)32(42)24(4)47-36)35(44-9)27(40)20-29(41)45-22(2)13-11-10-12-14-28(21)48-30-16-15-26(37(5)6)23(3)46-30/h10-12,14,18,21-28,30-36,40,42-43H,13,15-17,19-20H2,1-9H3/b11-10+,14-12+/t21-,22-,23-,24-,25+,26+,27-,28+,30-,31+,32-,33-,34+,35+,36+/m1/s1. The van der Waals surface area contributed by atoms with E-state index in [4.69, 9.17) is 28.4 Å². The van der Waals surface area contributed by atoms with Crippen molar-refractivity contribution in [3.05, 3.63) is 24.3 Å². The number of ether oxygens (including phenoxy) is 6. The predicted octanol–water partition coefficient (Wildman–Crippen LogP) is 2.05. The molecule has 0 amide bonds. The molecule has 0 aliphatic carbocycles. The lowest BCUT2D eigenvalue weighted by Crippen LogP contribution is -2.63. The number of likely N-dealkylation sites (N-methyl/N-ethyl adjacent to an activating group) is 2. The number of methoxy groups -OCH3 is 1. The summed E-state index contributed by atoms with van der Waals surface area (Å²) in [7, 11) is 8.97. The Bertz CT molecular complexity index is 1070. The summed E-state index contributed by atoms with van der Waals surface area (Å²) in [6, 6.07) is -0.434. The maximum atomic E-state index is 12.9. The number of esters is 1. The molecule has 3 N–H and O–H groups in total. The molecule has 0 unspecified atom stereocenters. The van der Waals surface area contributed by atoms with Crippen LogP contribution in [0.2, 0.25) is 0 Å². The number of aliphatic hydroxyl groups excluding tert-OH is 3. The van der Waals surface area contributed by atoms with Gasteiger partial charge in [-0.15, -0.1) is 0 Å². The third-order valence-electron chi connectivity index (χ3n) is 10.1. The minimum Gasteiger partial charge on any atom is -0.462 e. The van der Waals surface area contributed by atoms with Crippen LogP contribution < -0.4 is 0 Å². The van der Waals surface area contributed by atoms with Crippen molar-refractivity contribution in [2.75, 3.05) is 35.3 Å². The largest absolute Gasteiger partial charge is 0.462 e. The number of cyclic esters (lactones) is 1. The van der Waals surface area contributed by atoms with E-state index in [1.165, 1.54) is 7.11 Å². The summed E-state index contributed by atoms with van der Waals surface area (Å²) in [5.74, 6) is -1.35. The predicted molar refractivity (Wildman–Crippen MR) is 182 cm³/mol. The number of carbonyl (C=O) groups excluding carboxylic acids is 2. The number of allylic oxidation sites excluding steroid dienone is 2. The van der Waals surface area contributed by atoms with Gasteiger partial charge in [0.25, 0.3) is 0 Å². The van der Waals surface area contributed by atoms with Crippen LogP contribution in [-0.2, 0) is 38.0 Å².